The normalized spacial score (nSPS) is 11.6. The van der Waals surface area contributed by atoms with Gasteiger partial charge in [-0.25, -0.2) is 4.57 Å². The van der Waals surface area contributed by atoms with Crippen LogP contribution in [0.25, 0.3) is 27.8 Å². The summed E-state index contributed by atoms with van der Waals surface area (Å²) in [6, 6.07) is 29.3. The lowest BCUT2D eigenvalue weighted by Gasteiger charge is -2.11. The highest BCUT2D eigenvalue weighted by Crippen LogP contribution is 2.42. The van der Waals surface area contributed by atoms with Crippen LogP contribution in [-0.2, 0) is 7.05 Å². The van der Waals surface area contributed by atoms with Crippen molar-refractivity contribution in [2.45, 2.75) is 13.8 Å². The third-order valence-corrected chi connectivity index (χ3v) is 6.83. The topological polar surface area (TPSA) is 33.5 Å². The summed E-state index contributed by atoms with van der Waals surface area (Å²) in [5, 5.41) is 11.5. The Morgan fingerprint density at radius 2 is 1.42 bits per heavy atom. The number of hydrogen-bond donors (Lipinski definition) is 0. The zero-order chi connectivity index (χ0) is 21.4. The Labute approximate surface area is 185 Å². The van der Waals surface area contributed by atoms with Crippen molar-refractivity contribution in [1.29, 1.82) is 0 Å². The molecule has 0 bridgehead atoms. The maximum Gasteiger partial charge on any atom is 0.408 e. The number of aromatic nitrogens is 2. The molecule has 5 aromatic rings. The highest BCUT2D eigenvalue weighted by Gasteiger charge is 2.22. The minimum atomic E-state index is 0.884. The van der Waals surface area contributed by atoms with Gasteiger partial charge in [0.25, 0.3) is 0 Å². The first-order valence-electron chi connectivity index (χ1n) is 10.3. The molecule has 0 fully saturated rings. The molecule has 0 saturated carbocycles. The number of para-hydroxylation sites is 2. The number of benzene rings is 3. The molecule has 5 rings (SSSR count). The minimum absolute atomic E-state index is 0.884. The van der Waals surface area contributed by atoms with E-state index in [-0.39, 0.29) is 0 Å². The van der Waals surface area contributed by atoms with Gasteiger partial charge >= 0.3 is 5.13 Å². The summed E-state index contributed by atoms with van der Waals surface area (Å²) >= 11 is 1.67. The Morgan fingerprint density at radius 3 is 2.10 bits per heavy atom. The van der Waals surface area contributed by atoms with E-state index in [0.717, 1.165) is 38.7 Å². The number of hydrogen-bond acceptors (Lipinski definition) is 3. The van der Waals surface area contributed by atoms with Crippen molar-refractivity contribution in [2.75, 3.05) is 0 Å². The van der Waals surface area contributed by atoms with E-state index in [2.05, 4.69) is 95.8 Å². The fourth-order valence-corrected chi connectivity index (χ4v) is 4.78. The van der Waals surface area contributed by atoms with E-state index in [0.29, 0.717) is 0 Å². The van der Waals surface area contributed by atoms with Gasteiger partial charge in [0.2, 0.25) is 0 Å². The second-order valence-corrected chi connectivity index (χ2v) is 8.72. The predicted molar refractivity (Wildman–Crippen MR) is 128 cm³/mol. The summed E-state index contributed by atoms with van der Waals surface area (Å²) in [6.45, 7) is 4.23. The molecule has 0 aliphatic carbocycles. The average molecular weight is 424 g/mol. The lowest BCUT2D eigenvalue weighted by molar-refractivity contribution is -0.660. The first kappa shape index (κ1) is 19.4. The maximum atomic E-state index is 4.84. The molecule has 5 heteroatoms. The van der Waals surface area contributed by atoms with Gasteiger partial charge in [-0.2, -0.15) is 0 Å². The molecule has 0 amide bonds. The van der Waals surface area contributed by atoms with Crippen LogP contribution in [0.3, 0.4) is 0 Å². The molecule has 31 heavy (non-hydrogen) atoms. The molecule has 0 aliphatic heterocycles. The number of nitrogens with zero attached hydrogens (tertiary/aromatic N) is 4. The van der Waals surface area contributed by atoms with Crippen LogP contribution in [0, 0.1) is 13.8 Å². The van der Waals surface area contributed by atoms with Gasteiger partial charge < -0.3 is 4.57 Å². The first-order chi connectivity index (χ1) is 15.1. The van der Waals surface area contributed by atoms with Crippen molar-refractivity contribution in [3.05, 3.63) is 95.5 Å². The van der Waals surface area contributed by atoms with Crippen LogP contribution in [-0.4, -0.2) is 4.57 Å². The van der Waals surface area contributed by atoms with Crippen LogP contribution in [0.2, 0.25) is 0 Å². The Bertz CT molecular complexity index is 1400. The molecular weight excluding hydrogens is 400 g/mol. The molecule has 3 aromatic carbocycles. The average Bonchev–Trinajstić information content (AvgIpc) is 3.28. The fourth-order valence-electron chi connectivity index (χ4n) is 3.87. The summed E-state index contributed by atoms with van der Waals surface area (Å²) in [4.78, 5) is 1.26. The van der Waals surface area contributed by atoms with Crippen LogP contribution >= 0.6 is 11.3 Å². The maximum absolute atomic E-state index is 4.84. The van der Waals surface area contributed by atoms with Gasteiger partial charge in [-0.3, -0.25) is 0 Å². The summed E-state index contributed by atoms with van der Waals surface area (Å²) in [7, 11) is 2.04. The van der Waals surface area contributed by atoms with Gasteiger partial charge in [-0.15, -0.1) is 0 Å². The van der Waals surface area contributed by atoms with Gasteiger partial charge in [0.1, 0.15) is 11.4 Å². The molecule has 0 atom stereocenters. The van der Waals surface area contributed by atoms with Crippen LogP contribution < -0.4 is 4.57 Å². The van der Waals surface area contributed by atoms with Crippen LogP contribution in [0.1, 0.15) is 10.6 Å². The molecule has 2 heterocycles. The van der Waals surface area contributed by atoms with E-state index in [4.69, 9.17) is 10.2 Å². The van der Waals surface area contributed by atoms with E-state index in [1.165, 1.54) is 10.6 Å². The number of aryl methyl sites for hydroxylation is 1. The second-order valence-electron chi connectivity index (χ2n) is 7.54. The molecule has 152 valence electrons. The van der Waals surface area contributed by atoms with Gasteiger partial charge in [-0.1, -0.05) is 66.7 Å². The van der Waals surface area contributed by atoms with Gasteiger partial charge in [-0.05, 0) is 48.5 Å². The molecule has 0 radical (unpaired) electrons. The molecule has 0 saturated heterocycles. The molecule has 0 N–H and O–H groups in total. The highest BCUT2D eigenvalue weighted by molar-refractivity contribution is 7.14. The molecule has 0 unspecified atom stereocenters. The van der Waals surface area contributed by atoms with E-state index in [1.54, 1.807) is 11.3 Å². The van der Waals surface area contributed by atoms with Crippen molar-refractivity contribution in [2.24, 2.45) is 17.3 Å². The van der Waals surface area contributed by atoms with E-state index >= 15 is 0 Å². The van der Waals surface area contributed by atoms with Crippen LogP contribution in [0.15, 0.2) is 95.2 Å². The Balaban J connectivity index is 1.82. The fraction of sp³-hybridized carbons (Fsp3) is 0.115. The Hall–Kier alpha value is -3.57. The second kappa shape index (κ2) is 7.93. The van der Waals surface area contributed by atoms with Gasteiger partial charge in [0, 0.05) is 16.6 Å². The summed E-state index contributed by atoms with van der Waals surface area (Å²) in [5.41, 5.74) is 6.48. The quantitative estimate of drug-likeness (QED) is 0.216. The molecule has 4 nitrogen and oxygen atoms in total. The zero-order valence-corrected chi connectivity index (χ0v) is 18.6. The Kier molecular flexibility index (Phi) is 4.96. The lowest BCUT2D eigenvalue weighted by Crippen LogP contribution is -2.28. The summed E-state index contributed by atoms with van der Waals surface area (Å²) < 4.78 is 4.38. The van der Waals surface area contributed by atoms with E-state index in [9.17, 15) is 0 Å². The van der Waals surface area contributed by atoms with Gasteiger partial charge in [0.15, 0.2) is 0 Å². The smallest absolute Gasteiger partial charge is 0.307 e. The SMILES string of the molecule is Cc1sc(/N=N/c2c(-c3ccccc3)n(-c3ccccc3)c3ccccc23)[n+](C)c1C. The standard InChI is InChI=1S/C26H23N4S/c1-18-19(2)31-26(29(18)3)28-27-24-22-16-10-11-17-23(22)30(21-14-8-5-9-15-21)25(24)20-12-6-4-7-13-20/h4-17H,1-3H3/q+1. The number of thiazole rings is 1. The van der Waals surface area contributed by atoms with Crippen LogP contribution in [0.5, 0.6) is 0 Å². The summed E-state index contributed by atoms with van der Waals surface area (Å²) in [6.07, 6.45) is 0. The van der Waals surface area contributed by atoms with Crippen molar-refractivity contribution >= 4 is 33.1 Å². The molecule has 0 aliphatic rings. The molecular formula is C26H23N4S+. The Morgan fingerprint density at radius 1 is 0.774 bits per heavy atom. The largest absolute Gasteiger partial charge is 0.408 e. The number of azo groups is 1. The van der Waals surface area contributed by atoms with Crippen molar-refractivity contribution in [3.63, 3.8) is 0 Å². The van der Waals surface area contributed by atoms with E-state index < -0.39 is 0 Å². The minimum Gasteiger partial charge on any atom is -0.307 e. The predicted octanol–water partition coefficient (Wildman–Crippen LogP) is 7.22. The van der Waals surface area contributed by atoms with Crippen molar-refractivity contribution in [3.8, 4) is 16.9 Å². The number of rotatable bonds is 4. The van der Waals surface area contributed by atoms with Crippen LogP contribution in [0.4, 0.5) is 10.8 Å². The third-order valence-electron chi connectivity index (χ3n) is 5.69. The van der Waals surface area contributed by atoms with E-state index in [1.807, 2.05) is 19.2 Å². The van der Waals surface area contributed by atoms with Crippen molar-refractivity contribution in [1.82, 2.24) is 4.57 Å². The third kappa shape index (κ3) is 3.37. The number of fused-ring (bicyclic) bond motifs is 1. The van der Waals surface area contributed by atoms with Gasteiger partial charge in [0.05, 0.1) is 28.2 Å². The summed E-state index contributed by atoms with van der Waals surface area (Å²) in [5.74, 6) is 0. The lowest BCUT2D eigenvalue weighted by atomic mass is 10.1. The first-order valence-corrected chi connectivity index (χ1v) is 11.1. The zero-order valence-electron chi connectivity index (χ0n) is 17.8. The van der Waals surface area contributed by atoms with Crippen molar-refractivity contribution < 1.29 is 4.57 Å². The molecule has 0 spiro atoms. The highest BCUT2D eigenvalue weighted by atomic mass is 32.1. The molecule has 2 aromatic heterocycles. The monoisotopic (exact) mass is 423 g/mol.